The van der Waals surface area contributed by atoms with Gasteiger partial charge in [0.15, 0.2) is 0 Å². The van der Waals surface area contributed by atoms with Crippen molar-refractivity contribution in [1.82, 2.24) is 20.4 Å². The number of hydrogen-bond acceptors (Lipinski definition) is 7. The lowest BCUT2D eigenvalue weighted by molar-refractivity contribution is -0.118. The van der Waals surface area contributed by atoms with Crippen LogP contribution in [-0.4, -0.2) is 58.8 Å². The molecule has 2 heterocycles. The van der Waals surface area contributed by atoms with Crippen LogP contribution in [0.3, 0.4) is 0 Å². The first-order valence-corrected chi connectivity index (χ1v) is 11.8. The van der Waals surface area contributed by atoms with E-state index in [2.05, 4.69) is 25.7 Å². The number of nitrogens with one attached hydrogen (secondary N) is 2. The van der Waals surface area contributed by atoms with Crippen LogP contribution >= 0.6 is 23.1 Å². The summed E-state index contributed by atoms with van der Waals surface area (Å²) in [6.07, 6.45) is 3.58. The Labute approximate surface area is 179 Å². The summed E-state index contributed by atoms with van der Waals surface area (Å²) in [6.45, 7) is 6.16. The van der Waals surface area contributed by atoms with Crippen LogP contribution in [0.1, 0.15) is 39.6 Å². The molecule has 2 amide bonds. The van der Waals surface area contributed by atoms with E-state index < -0.39 is 0 Å². The molecule has 7 nitrogen and oxygen atoms in total. The molecular weight excluding hydrogens is 406 g/mol. The standard InChI is InChI=1S/C20H27N5O2S2/c1-15-5-7-16(8-6-15)22-19(27)20-24-23-18(29-20)14-28-13-17(26)21-9-4-12-25-10-2-3-11-25/h5-8H,2-4,9-14H2,1H3,(H,21,26)(H,22,27). The molecule has 9 heteroatoms. The molecule has 2 N–H and O–H groups in total. The zero-order valence-corrected chi connectivity index (χ0v) is 18.3. The Morgan fingerprint density at radius 2 is 1.93 bits per heavy atom. The first-order chi connectivity index (χ1) is 14.1. The van der Waals surface area contributed by atoms with Gasteiger partial charge in [-0.05, 0) is 58.0 Å². The number of aryl methyl sites for hydroxylation is 1. The summed E-state index contributed by atoms with van der Waals surface area (Å²) >= 11 is 2.74. The summed E-state index contributed by atoms with van der Waals surface area (Å²) in [7, 11) is 0. The fraction of sp³-hybridized carbons (Fsp3) is 0.500. The van der Waals surface area contributed by atoms with Crippen molar-refractivity contribution in [1.29, 1.82) is 0 Å². The molecule has 1 aromatic heterocycles. The quantitative estimate of drug-likeness (QED) is 0.560. The first-order valence-electron chi connectivity index (χ1n) is 9.87. The molecular formula is C20H27N5O2S2. The smallest absolute Gasteiger partial charge is 0.286 e. The lowest BCUT2D eigenvalue weighted by atomic mass is 10.2. The van der Waals surface area contributed by atoms with E-state index in [1.54, 1.807) is 0 Å². The highest BCUT2D eigenvalue weighted by Crippen LogP contribution is 2.18. The van der Waals surface area contributed by atoms with Crippen molar-refractivity contribution >= 4 is 40.6 Å². The molecule has 1 fully saturated rings. The number of likely N-dealkylation sites (tertiary alicyclic amines) is 1. The minimum atomic E-state index is -0.265. The van der Waals surface area contributed by atoms with Gasteiger partial charge in [0.25, 0.3) is 5.91 Å². The van der Waals surface area contributed by atoms with Crippen LogP contribution < -0.4 is 10.6 Å². The average Bonchev–Trinajstić information content (AvgIpc) is 3.39. The largest absolute Gasteiger partial charge is 0.355 e. The molecule has 0 bridgehead atoms. The zero-order valence-electron chi connectivity index (χ0n) is 16.6. The molecule has 1 aromatic carbocycles. The van der Waals surface area contributed by atoms with Crippen LogP contribution in [0, 0.1) is 6.92 Å². The lowest BCUT2D eigenvalue weighted by Gasteiger charge is -2.14. The van der Waals surface area contributed by atoms with Crippen molar-refractivity contribution in [3.63, 3.8) is 0 Å². The van der Waals surface area contributed by atoms with Gasteiger partial charge in [-0.25, -0.2) is 0 Å². The molecule has 0 radical (unpaired) electrons. The van der Waals surface area contributed by atoms with E-state index >= 15 is 0 Å². The Balaban J connectivity index is 1.31. The van der Waals surface area contributed by atoms with Crippen molar-refractivity contribution in [2.75, 3.05) is 37.2 Å². The normalized spacial score (nSPS) is 14.1. The predicted octanol–water partition coefficient (Wildman–Crippen LogP) is 2.93. The number of nitrogens with zero attached hydrogens (tertiary/aromatic N) is 3. The third kappa shape index (κ3) is 7.41. The number of anilines is 1. The van der Waals surface area contributed by atoms with Gasteiger partial charge < -0.3 is 15.5 Å². The number of amides is 2. The summed E-state index contributed by atoms with van der Waals surface area (Å²) in [5.74, 6) is 0.724. The van der Waals surface area contributed by atoms with Gasteiger partial charge in [-0.15, -0.1) is 22.0 Å². The van der Waals surface area contributed by atoms with E-state index in [1.165, 1.54) is 49.0 Å². The van der Waals surface area contributed by atoms with E-state index in [4.69, 9.17) is 0 Å². The second kappa shape index (κ2) is 11.3. The molecule has 0 spiro atoms. The van der Waals surface area contributed by atoms with Crippen molar-refractivity contribution in [3.8, 4) is 0 Å². The van der Waals surface area contributed by atoms with Crippen LogP contribution in [-0.2, 0) is 10.5 Å². The molecule has 0 unspecified atom stereocenters. The molecule has 0 atom stereocenters. The van der Waals surface area contributed by atoms with Gasteiger partial charge in [-0.3, -0.25) is 9.59 Å². The highest BCUT2D eigenvalue weighted by Gasteiger charge is 2.14. The minimum Gasteiger partial charge on any atom is -0.355 e. The van der Waals surface area contributed by atoms with E-state index in [0.29, 0.717) is 16.5 Å². The number of carbonyl (C=O) groups is 2. The average molecular weight is 434 g/mol. The molecule has 1 aliphatic rings. The number of benzene rings is 1. The molecule has 0 aliphatic carbocycles. The van der Waals surface area contributed by atoms with E-state index in [-0.39, 0.29) is 11.8 Å². The Hall–Kier alpha value is -1.97. The predicted molar refractivity (Wildman–Crippen MR) is 119 cm³/mol. The van der Waals surface area contributed by atoms with Gasteiger partial charge in [0.2, 0.25) is 10.9 Å². The maximum Gasteiger partial charge on any atom is 0.286 e. The number of hydrogen-bond donors (Lipinski definition) is 2. The molecule has 156 valence electrons. The molecule has 2 aromatic rings. The Kier molecular flexibility index (Phi) is 8.45. The number of thioether (sulfide) groups is 1. The van der Waals surface area contributed by atoms with Gasteiger partial charge in [-0.2, -0.15) is 0 Å². The third-order valence-electron chi connectivity index (χ3n) is 4.60. The van der Waals surface area contributed by atoms with Gasteiger partial charge >= 0.3 is 0 Å². The van der Waals surface area contributed by atoms with Gasteiger partial charge in [0, 0.05) is 18.0 Å². The topological polar surface area (TPSA) is 87.2 Å². The zero-order chi connectivity index (χ0) is 20.5. The second-order valence-electron chi connectivity index (χ2n) is 7.07. The van der Waals surface area contributed by atoms with Crippen LogP contribution in [0.5, 0.6) is 0 Å². The van der Waals surface area contributed by atoms with Crippen LogP contribution in [0.25, 0.3) is 0 Å². The molecule has 1 saturated heterocycles. The molecule has 29 heavy (non-hydrogen) atoms. The Morgan fingerprint density at radius 3 is 2.69 bits per heavy atom. The fourth-order valence-electron chi connectivity index (χ4n) is 3.04. The highest BCUT2D eigenvalue weighted by molar-refractivity contribution is 7.99. The summed E-state index contributed by atoms with van der Waals surface area (Å²) < 4.78 is 0. The lowest BCUT2D eigenvalue weighted by Crippen LogP contribution is -2.29. The molecule has 3 rings (SSSR count). The monoisotopic (exact) mass is 433 g/mol. The molecule has 0 saturated carbocycles. The fourth-order valence-corrected chi connectivity index (χ4v) is 4.68. The summed E-state index contributed by atoms with van der Waals surface area (Å²) in [5.41, 5.74) is 1.86. The maximum absolute atomic E-state index is 12.3. The number of rotatable bonds is 10. The van der Waals surface area contributed by atoms with Gasteiger partial charge in [0.1, 0.15) is 5.01 Å². The van der Waals surface area contributed by atoms with E-state index in [9.17, 15) is 9.59 Å². The second-order valence-corrected chi connectivity index (χ2v) is 9.11. The van der Waals surface area contributed by atoms with E-state index in [0.717, 1.165) is 35.8 Å². The van der Waals surface area contributed by atoms with Crippen molar-refractivity contribution in [2.24, 2.45) is 0 Å². The summed E-state index contributed by atoms with van der Waals surface area (Å²) in [4.78, 5) is 26.6. The highest BCUT2D eigenvalue weighted by atomic mass is 32.2. The van der Waals surface area contributed by atoms with Gasteiger partial charge in [0.05, 0.1) is 5.75 Å². The van der Waals surface area contributed by atoms with Crippen molar-refractivity contribution in [3.05, 3.63) is 39.8 Å². The SMILES string of the molecule is Cc1ccc(NC(=O)c2nnc(CSCC(=O)NCCCN3CCCC3)s2)cc1. The van der Waals surface area contributed by atoms with Crippen molar-refractivity contribution < 1.29 is 9.59 Å². The first kappa shape index (κ1) is 21.7. The van der Waals surface area contributed by atoms with Crippen LogP contribution in [0.4, 0.5) is 5.69 Å². The Morgan fingerprint density at radius 1 is 1.17 bits per heavy atom. The molecule has 1 aliphatic heterocycles. The number of carbonyl (C=O) groups excluding carboxylic acids is 2. The van der Waals surface area contributed by atoms with Crippen molar-refractivity contribution in [2.45, 2.75) is 31.9 Å². The van der Waals surface area contributed by atoms with Crippen LogP contribution in [0.2, 0.25) is 0 Å². The maximum atomic E-state index is 12.3. The van der Waals surface area contributed by atoms with Crippen LogP contribution in [0.15, 0.2) is 24.3 Å². The number of aromatic nitrogens is 2. The summed E-state index contributed by atoms with van der Waals surface area (Å²) in [6, 6.07) is 7.59. The van der Waals surface area contributed by atoms with E-state index in [1.807, 2.05) is 31.2 Å². The third-order valence-corrected chi connectivity index (χ3v) is 6.65. The van der Waals surface area contributed by atoms with Gasteiger partial charge in [-0.1, -0.05) is 29.0 Å². The minimum absolute atomic E-state index is 0.0401. The Bertz CT molecular complexity index is 803. The summed E-state index contributed by atoms with van der Waals surface area (Å²) in [5, 5.41) is 14.9.